The van der Waals surface area contributed by atoms with Gasteiger partial charge in [-0.2, -0.15) is 0 Å². The van der Waals surface area contributed by atoms with Crippen molar-refractivity contribution < 1.29 is 18.7 Å². The maximum absolute atomic E-state index is 14.9. The normalized spacial score (nSPS) is 17.2. The zero-order valence-electron chi connectivity index (χ0n) is 22.5. The Morgan fingerprint density at radius 2 is 2.00 bits per heavy atom. The summed E-state index contributed by atoms with van der Waals surface area (Å²) in [6, 6.07) is 8.65. The van der Waals surface area contributed by atoms with Crippen molar-refractivity contribution in [1.29, 1.82) is 0 Å². The Labute approximate surface area is 235 Å². The molecule has 40 heavy (non-hydrogen) atoms. The summed E-state index contributed by atoms with van der Waals surface area (Å²) in [4.78, 5) is 34.2. The average Bonchev–Trinajstić information content (AvgIpc) is 3.31. The summed E-state index contributed by atoms with van der Waals surface area (Å²) in [5.74, 6) is 0.736. The molecule has 9 nitrogen and oxygen atoms in total. The molecule has 208 valence electrons. The molecule has 1 aromatic carbocycles. The van der Waals surface area contributed by atoms with Gasteiger partial charge >= 0.3 is 0 Å². The van der Waals surface area contributed by atoms with Crippen LogP contribution in [0.3, 0.4) is 0 Å². The third-order valence-corrected chi connectivity index (χ3v) is 8.70. The number of hydrogen-bond acceptors (Lipinski definition) is 8. The maximum Gasteiger partial charge on any atom is 0.244 e. The number of pyridine rings is 1. The Kier molecular flexibility index (Phi) is 7.33. The summed E-state index contributed by atoms with van der Waals surface area (Å²) in [6.07, 6.45) is 7.39. The van der Waals surface area contributed by atoms with Crippen molar-refractivity contribution in [2.24, 2.45) is 5.92 Å². The number of ether oxygens (including phenoxy) is 1. The predicted octanol–water partition coefficient (Wildman–Crippen LogP) is 4.56. The highest BCUT2D eigenvalue weighted by atomic mass is 32.1. The van der Waals surface area contributed by atoms with Gasteiger partial charge in [0.15, 0.2) is 11.6 Å². The fraction of sp³-hybridized carbons (Fsp3) is 0.414. The number of likely N-dealkylation sites (tertiary alicyclic amines) is 1. The fourth-order valence-electron chi connectivity index (χ4n) is 5.04. The molecule has 6 rings (SSSR count). The van der Waals surface area contributed by atoms with E-state index in [1.807, 2.05) is 25.1 Å². The van der Waals surface area contributed by atoms with E-state index in [1.54, 1.807) is 35.3 Å². The van der Waals surface area contributed by atoms with E-state index in [4.69, 9.17) is 4.74 Å². The van der Waals surface area contributed by atoms with Crippen LogP contribution >= 0.6 is 11.3 Å². The summed E-state index contributed by atoms with van der Waals surface area (Å²) in [7, 11) is 4.07. The molecule has 11 heteroatoms. The van der Waals surface area contributed by atoms with Crippen LogP contribution in [0.15, 0.2) is 42.7 Å². The Morgan fingerprint density at radius 3 is 2.75 bits per heavy atom. The molecule has 1 aliphatic heterocycles. The molecule has 1 aliphatic carbocycles. The molecule has 4 heterocycles. The number of aromatic nitrogens is 4. The lowest BCUT2D eigenvalue weighted by Crippen LogP contribution is -2.36. The number of halogens is 1. The molecular formula is C29H31FN6O3S. The number of likely N-dealkylation sites (N-methyl/N-ethyl adjacent to an activating group) is 1. The molecule has 2 aliphatic rings. The number of rotatable bonds is 10. The number of hydrogen-bond donors (Lipinski definition) is 0. The van der Waals surface area contributed by atoms with Gasteiger partial charge in [0.25, 0.3) is 0 Å². The average molecular weight is 563 g/mol. The molecular weight excluding hydrogens is 531 g/mol. The van der Waals surface area contributed by atoms with E-state index in [-0.39, 0.29) is 30.4 Å². The van der Waals surface area contributed by atoms with Crippen LogP contribution in [0.2, 0.25) is 0 Å². The van der Waals surface area contributed by atoms with Crippen molar-refractivity contribution in [3.63, 3.8) is 0 Å². The van der Waals surface area contributed by atoms with Gasteiger partial charge in [0.1, 0.15) is 23.8 Å². The SMILES string of the molecule is CN(C)[C@H]1CCN(C(=O)Cn2cc(-c3cc4nccc(Oc5ccc(CC(=O)CC6CC6)cc5F)c4s3)nn2)C1. The van der Waals surface area contributed by atoms with Gasteiger partial charge in [-0.05, 0) is 63.0 Å². The first-order valence-corrected chi connectivity index (χ1v) is 14.4. The number of carbonyl (C=O) groups is 2. The fourth-order valence-corrected chi connectivity index (χ4v) is 6.05. The zero-order valence-corrected chi connectivity index (χ0v) is 23.4. The third kappa shape index (κ3) is 5.90. The number of Topliss-reactive ketones (excluding diaryl/α,β-unsaturated/α-hetero) is 1. The summed E-state index contributed by atoms with van der Waals surface area (Å²) < 4.78 is 23.2. The number of fused-ring (bicyclic) bond motifs is 1. The summed E-state index contributed by atoms with van der Waals surface area (Å²) in [6.45, 7) is 1.60. The maximum atomic E-state index is 14.9. The van der Waals surface area contributed by atoms with Gasteiger partial charge in [-0.25, -0.2) is 9.07 Å². The Hall–Kier alpha value is -3.70. The topological polar surface area (TPSA) is 93.5 Å². The lowest BCUT2D eigenvalue weighted by Gasteiger charge is -2.20. The molecule has 1 saturated heterocycles. The first-order chi connectivity index (χ1) is 19.3. The Balaban J connectivity index is 1.14. The molecule has 0 spiro atoms. The van der Waals surface area contributed by atoms with E-state index in [0.29, 0.717) is 40.9 Å². The number of nitrogens with zero attached hydrogens (tertiary/aromatic N) is 6. The van der Waals surface area contributed by atoms with Crippen LogP contribution in [-0.2, 0) is 22.6 Å². The van der Waals surface area contributed by atoms with Gasteiger partial charge in [-0.1, -0.05) is 11.3 Å². The molecule has 0 N–H and O–H groups in total. The monoisotopic (exact) mass is 562 g/mol. The van der Waals surface area contributed by atoms with Crippen molar-refractivity contribution in [3.05, 3.63) is 54.1 Å². The highest BCUT2D eigenvalue weighted by Gasteiger charge is 2.28. The molecule has 2 fully saturated rings. The van der Waals surface area contributed by atoms with Crippen molar-refractivity contribution in [2.75, 3.05) is 27.2 Å². The van der Waals surface area contributed by atoms with Gasteiger partial charge in [0, 0.05) is 44.2 Å². The standard InChI is InChI=1S/C29H31FN6O3S/c1-34(2)20-8-10-35(15-20)28(38)17-36-16-24(32-33-36)27-14-23-29(40-27)26(7-9-31-23)39-25-6-5-19(13-22(25)30)12-21(37)11-18-3-4-18/h5-7,9,13-14,16,18,20H,3-4,8,10-12,15,17H2,1-2H3/t20-/m0/s1. The zero-order chi connectivity index (χ0) is 27.8. The van der Waals surface area contributed by atoms with E-state index in [1.165, 1.54) is 17.4 Å². The smallest absolute Gasteiger partial charge is 0.244 e. The highest BCUT2D eigenvalue weighted by molar-refractivity contribution is 7.22. The number of thiophene rings is 1. The van der Waals surface area contributed by atoms with Crippen LogP contribution < -0.4 is 4.74 Å². The number of benzene rings is 1. The van der Waals surface area contributed by atoms with Crippen molar-refractivity contribution in [3.8, 4) is 22.1 Å². The van der Waals surface area contributed by atoms with E-state index >= 15 is 0 Å². The number of ketones is 1. The lowest BCUT2D eigenvalue weighted by atomic mass is 10.0. The quantitative estimate of drug-likeness (QED) is 0.280. The largest absolute Gasteiger partial charge is 0.453 e. The molecule has 1 saturated carbocycles. The van der Waals surface area contributed by atoms with E-state index in [9.17, 15) is 14.0 Å². The van der Waals surface area contributed by atoms with E-state index in [0.717, 1.165) is 41.9 Å². The van der Waals surface area contributed by atoms with Gasteiger partial charge in [-0.3, -0.25) is 14.6 Å². The minimum Gasteiger partial charge on any atom is -0.453 e. The van der Waals surface area contributed by atoms with Crippen molar-refractivity contribution in [2.45, 2.75) is 44.7 Å². The van der Waals surface area contributed by atoms with E-state index < -0.39 is 5.82 Å². The molecule has 0 unspecified atom stereocenters. The molecule has 1 atom stereocenters. The predicted molar refractivity (Wildman–Crippen MR) is 150 cm³/mol. The van der Waals surface area contributed by atoms with Gasteiger partial charge in [0.05, 0.1) is 21.3 Å². The van der Waals surface area contributed by atoms with Crippen LogP contribution in [0, 0.1) is 11.7 Å². The van der Waals surface area contributed by atoms with Crippen LogP contribution in [0.5, 0.6) is 11.5 Å². The number of amides is 1. The van der Waals surface area contributed by atoms with Crippen LogP contribution in [0.25, 0.3) is 20.8 Å². The van der Waals surface area contributed by atoms with Crippen LogP contribution in [0.1, 0.15) is 31.2 Å². The summed E-state index contributed by atoms with van der Waals surface area (Å²) in [5.41, 5.74) is 1.97. The summed E-state index contributed by atoms with van der Waals surface area (Å²) in [5, 5.41) is 8.44. The van der Waals surface area contributed by atoms with Crippen LogP contribution in [0.4, 0.5) is 4.39 Å². The molecule has 3 aromatic heterocycles. The molecule has 0 radical (unpaired) electrons. The van der Waals surface area contributed by atoms with Gasteiger partial charge in [-0.15, -0.1) is 16.4 Å². The lowest BCUT2D eigenvalue weighted by molar-refractivity contribution is -0.131. The first-order valence-electron chi connectivity index (χ1n) is 13.5. The van der Waals surface area contributed by atoms with Crippen LogP contribution in [-0.4, -0.2) is 74.7 Å². The second-order valence-corrected chi connectivity index (χ2v) is 12.0. The first kappa shape index (κ1) is 26.5. The van der Waals surface area contributed by atoms with Crippen molar-refractivity contribution >= 4 is 33.2 Å². The minimum absolute atomic E-state index is 0.0230. The summed E-state index contributed by atoms with van der Waals surface area (Å²) >= 11 is 1.41. The Morgan fingerprint density at radius 1 is 1.15 bits per heavy atom. The van der Waals surface area contributed by atoms with Gasteiger partial charge in [0.2, 0.25) is 5.91 Å². The third-order valence-electron chi connectivity index (χ3n) is 7.54. The van der Waals surface area contributed by atoms with E-state index in [2.05, 4.69) is 20.2 Å². The van der Waals surface area contributed by atoms with Gasteiger partial charge < -0.3 is 14.5 Å². The van der Waals surface area contributed by atoms with Crippen molar-refractivity contribution in [1.82, 2.24) is 29.8 Å². The molecule has 1 amide bonds. The molecule has 4 aromatic rings. The second-order valence-electron chi connectivity index (χ2n) is 10.9. The molecule has 0 bridgehead atoms. The number of carbonyl (C=O) groups excluding carboxylic acids is 2. The highest BCUT2D eigenvalue weighted by Crippen LogP contribution is 2.39. The Bertz CT molecular complexity index is 1560. The minimum atomic E-state index is -0.513. The second kappa shape index (κ2) is 11.1.